The van der Waals surface area contributed by atoms with Crippen molar-refractivity contribution in [3.05, 3.63) is 33.5 Å². The van der Waals surface area contributed by atoms with Crippen molar-refractivity contribution in [1.29, 1.82) is 0 Å². The first-order valence-electron chi connectivity index (χ1n) is 5.15. The van der Waals surface area contributed by atoms with Gasteiger partial charge in [-0.1, -0.05) is 42.6 Å². The topological polar surface area (TPSA) is 0 Å². The molecule has 14 heavy (non-hydrogen) atoms. The number of hydrogen-bond donors (Lipinski definition) is 0. The van der Waals surface area contributed by atoms with Crippen molar-refractivity contribution in [2.45, 2.75) is 39.5 Å². The van der Waals surface area contributed by atoms with Crippen LogP contribution < -0.4 is 0 Å². The molecule has 0 heterocycles. The van der Waals surface area contributed by atoms with Crippen molar-refractivity contribution >= 4 is 15.9 Å². The van der Waals surface area contributed by atoms with Gasteiger partial charge in [0.25, 0.3) is 0 Å². The lowest BCUT2D eigenvalue weighted by molar-refractivity contribution is 0.621. The molecule has 1 aromatic carbocycles. The zero-order valence-corrected chi connectivity index (χ0v) is 10.3. The van der Waals surface area contributed by atoms with E-state index in [9.17, 15) is 4.39 Å². The predicted octanol–water partition coefficient (Wildman–Crippen LogP) is 4.49. The summed E-state index contributed by atoms with van der Waals surface area (Å²) in [7, 11) is 0. The van der Waals surface area contributed by atoms with Gasteiger partial charge in [0.05, 0.1) is 0 Å². The lowest BCUT2D eigenvalue weighted by Crippen LogP contribution is -1.94. The molecule has 0 atom stereocenters. The lowest BCUT2D eigenvalue weighted by Gasteiger charge is -2.09. The number of rotatable bonds is 4. The summed E-state index contributed by atoms with van der Waals surface area (Å²) in [5.74, 6) is -0.111. The van der Waals surface area contributed by atoms with Crippen LogP contribution in [0.15, 0.2) is 16.6 Å². The Hall–Kier alpha value is -0.370. The highest BCUT2D eigenvalue weighted by atomic mass is 79.9. The summed E-state index contributed by atoms with van der Waals surface area (Å²) in [4.78, 5) is 0. The fourth-order valence-corrected chi connectivity index (χ4v) is 2.24. The van der Waals surface area contributed by atoms with Gasteiger partial charge in [-0.3, -0.25) is 0 Å². The molecule has 0 saturated carbocycles. The van der Waals surface area contributed by atoms with Gasteiger partial charge >= 0.3 is 0 Å². The Morgan fingerprint density at radius 3 is 1.86 bits per heavy atom. The molecule has 0 amide bonds. The summed E-state index contributed by atoms with van der Waals surface area (Å²) >= 11 is 3.55. The molecule has 0 nitrogen and oxygen atoms in total. The van der Waals surface area contributed by atoms with E-state index in [1.165, 1.54) is 0 Å². The fourth-order valence-electron chi connectivity index (χ4n) is 1.61. The van der Waals surface area contributed by atoms with Crippen molar-refractivity contribution in [2.75, 3.05) is 0 Å². The third-order valence-electron chi connectivity index (χ3n) is 2.23. The molecule has 0 spiro atoms. The van der Waals surface area contributed by atoms with Gasteiger partial charge in [-0.25, -0.2) is 4.39 Å². The normalized spacial score (nSPS) is 10.6. The van der Waals surface area contributed by atoms with E-state index in [1.54, 1.807) is 12.1 Å². The number of benzene rings is 1. The van der Waals surface area contributed by atoms with Gasteiger partial charge in [0.2, 0.25) is 0 Å². The molecule has 0 fully saturated rings. The molecule has 0 unspecified atom stereocenters. The van der Waals surface area contributed by atoms with Gasteiger partial charge in [0, 0.05) is 4.47 Å². The van der Waals surface area contributed by atoms with Crippen LogP contribution >= 0.6 is 15.9 Å². The average Bonchev–Trinajstić information content (AvgIpc) is 2.14. The summed E-state index contributed by atoms with van der Waals surface area (Å²) < 4.78 is 14.3. The van der Waals surface area contributed by atoms with E-state index in [0.29, 0.717) is 0 Å². The fraction of sp³-hybridized carbons (Fsp3) is 0.500. The van der Waals surface area contributed by atoms with Crippen molar-refractivity contribution in [3.63, 3.8) is 0 Å². The number of halogens is 2. The van der Waals surface area contributed by atoms with Gasteiger partial charge in [-0.05, 0) is 36.1 Å². The molecule has 0 aromatic heterocycles. The van der Waals surface area contributed by atoms with Crippen molar-refractivity contribution in [1.82, 2.24) is 0 Å². The van der Waals surface area contributed by atoms with E-state index in [4.69, 9.17) is 0 Å². The van der Waals surface area contributed by atoms with Crippen LogP contribution in [0.5, 0.6) is 0 Å². The summed E-state index contributed by atoms with van der Waals surface area (Å²) in [6.45, 7) is 4.22. The van der Waals surface area contributed by atoms with E-state index in [0.717, 1.165) is 41.3 Å². The molecule has 2 heteroatoms. The van der Waals surface area contributed by atoms with Gasteiger partial charge in [-0.2, -0.15) is 0 Å². The molecule has 0 aliphatic heterocycles. The molecule has 0 aliphatic rings. The Kier molecular flexibility index (Phi) is 4.59. The van der Waals surface area contributed by atoms with Crippen LogP contribution in [-0.2, 0) is 12.8 Å². The first-order valence-corrected chi connectivity index (χ1v) is 5.95. The SMILES string of the molecule is CCCc1cc(F)cc(CCC)c1Br. The Labute approximate surface area is 93.7 Å². The van der Waals surface area contributed by atoms with Crippen LogP contribution in [0.4, 0.5) is 4.39 Å². The molecule has 0 saturated heterocycles. The second-order valence-electron chi connectivity index (χ2n) is 3.54. The van der Waals surface area contributed by atoms with Crippen molar-refractivity contribution < 1.29 is 4.39 Å². The first kappa shape index (κ1) is 11.7. The van der Waals surface area contributed by atoms with Crippen LogP contribution in [0, 0.1) is 5.82 Å². The van der Waals surface area contributed by atoms with Crippen LogP contribution in [0.3, 0.4) is 0 Å². The molecule has 0 bridgehead atoms. The van der Waals surface area contributed by atoms with Crippen LogP contribution in [0.2, 0.25) is 0 Å². The summed E-state index contributed by atoms with van der Waals surface area (Å²) in [6.07, 6.45) is 3.98. The highest BCUT2D eigenvalue weighted by Crippen LogP contribution is 2.25. The first-order chi connectivity index (χ1) is 6.69. The molecule has 78 valence electrons. The zero-order chi connectivity index (χ0) is 10.6. The van der Waals surface area contributed by atoms with E-state index in [2.05, 4.69) is 29.8 Å². The van der Waals surface area contributed by atoms with Crippen molar-refractivity contribution in [2.24, 2.45) is 0 Å². The molecular formula is C12H16BrF. The van der Waals surface area contributed by atoms with Crippen LogP contribution in [-0.4, -0.2) is 0 Å². The maximum absolute atomic E-state index is 13.2. The Morgan fingerprint density at radius 2 is 1.50 bits per heavy atom. The second-order valence-corrected chi connectivity index (χ2v) is 4.33. The maximum Gasteiger partial charge on any atom is 0.123 e. The molecule has 0 radical (unpaired) electrons. The second kappa shape index (κ2) is 5.50. The minimum atomic E-state index is -0.111. The average molecular weight is 259 g/mol. The zero-order valence-electron chi connectivity index (χ0n) is 8.74. The smallest absolute Gasteiger partial charge is 0.123 e. The molecule has 0 N–H and O–H groups in total. The van der Waals surface area contributed by atoms with Gasteiger partial charge in [0.1, 0.15) is 5.82 Å². The minimum absolute atomic E-state index is 0.111. The molecule has 0 aliphatic carbocycles. The predicted molar refractivity (Wildman–Crippen MR) is 62.1 cm³/mol. The van der Waals surface area contributed by atoms with Gasteiger partial charge in [0.15, 0.2) is 0 Å². The summed E-state index contributed by atoms with van der Waals surface area (Å²) in [6, 6.07) is 3.26. The molecular weight excluding hydrogens is 243 g/mol. The van der Waals surface area contributed by atoms with E-state index in [1.807, 2.05) is 0 Å². The Balaban J connectivity index is 3.04. The lowest BCUT2D eigenvalue weighted by atomic mass is 10.0. The minimum Gasteiger partial charge on any atom is -0.207 e. The summed E-state index contributed by atoms with van der Waals surface area (Å²) in [5, 5.41) is 0. The van der Waals surface area contributed by atoms with Gasteiger partial charge < -0.3 is 0 Å². The van der Waals surface area contributed by atoms with Crippen LogP contribution in [0.25, 0.3) is 0 Å². The Bertz CT molecular complexity index is 280. The van der Waals surface area contributed by atoms with E-state index >= 15 is 0 Å². The third-order valence-corrected chi connectivity index (χ3v) is 3.25. The largest absolute Gasteiger partial charge is 0.207 e. The third kappa shape index (κ3) is 2.81. The number of hydrogen-bond acceptors (Lipinski definition) is 0. The van der Waals surface area contributed by atoms with Crippen LogP contribution in [0.1, 0.15) is 37.8 Å². The summed E-state index contributed by atoms with van der Waals surface area (Å²) in [5.41, 5.74) is 2.19. The molecule has 1 rings (SSSR count). The highest BCUT2D eigenvalue weighted by Gasteiger charge is 2.07. The van der Waals surface area contributed by atoms with Crippen molar-refractivity contribution in [3.8, 4) is 0 Å². The van der Waals surface area contributed by atoms with E-state index < -0.39 is 0 Å². The quantitative estimate of drug-likeness (QED) is 0.747. The maximum atomic E-state index is 13.2. The standard InChI is InChI=1S/C12H16BrF/c1-3-5-9-7-11(14)8-10(6-4-2)12(9)13/h7-8H,3-6H2,1-2H3. The monoisotopic (exact) mass is 258 g/mol. The highest BCUT2D eigenvalue weighted by molar-refractivity contribution is 9.10. The van der Waals surface area contributed by atoms with Gasteiger partial charge in [-0.15, -0.1) is 0 Å². The Morgan fingerprint density at radius 1 is 1.07 bits per heavy atom. The molecule has 1 aromatic rings. The van der Waals surface area contributed by atoms with E-state index in [-0.39, 0.29) is 5.82 Å². The number of aryl methyl sites for hydroxylation is 2.